The normalized spacial score (nSPS) is 29.0. The fraction of sp³-hybridized carbons (Fsp3) is 0.586. The lowest BCUT2D eigenvalue weighted by Crippen LogP contribution is -2.46. The number of anilines is 1. The minimum atomic E-state index is -0.853. The molecule has 5 rings (SSSR count). The van der Waals surface area contributed by atoms with Gasteiger partial charge in [0.05, 0.1) is 6.42 Å². The van der Waals surface area contributed by atoms with Crippen LogP contribution in [0.15, 0.2) is 29.6 Å². The van der Waals surface area contributed by atoms with Crippen LogP contribution in [0.5, 0.6) is 5.75 Å². The fourth-order valence-electron chi connectivity index (χ4n) is 7.66. The number of carbonyl (C=O) groups is 3. The van der Waals surface area contributed by atoms with Crippen molar-refractivity contribution in [2.75, 3.05) is 5.32 Å². The van der Waals surface area contributed by atoms with Crippen LogP contribution >= 0.6 is 11.3 Å². The van der Waals surface area contributed by atoms with E-state index in [1.807, 2.05) is 13.0 Å². The second kappa shape index (κ2) is 11.2. The number of rotatable bonds is 8. The van der Waals surface area contributed by atoms with E-state index in [-0.39, 0.29) is 42.1 Å². The molecule has 9 nitrogen and oxygen atoms in total. The number of aromatic hydroxyl groups is 1. The van der Waals surface area contributed by atoms with E-state index in [0.29, 0.717) is 42.0 Å². The van der Waals surface area contributed by atoms with Gasteiger partial charge in [0.1, 0.15) is 11.9 Å². The van der Waals surface area contributed by atoms with Gasteiger partial charge in [0.15, 0.2) is 5.13 Å². The number of phenols is 1. The Morgan fingerprint density at radius 1 is 1.23 bits per heavy atom. The molecule has 0 spiro atoms. The van der Waals surface area contributed by atoms with Crippen molar-refractivity contribution in [3.63, 3.8) is 0 Å². The van der Waals surface area contributed by atoms with Crippen molar-refractivity contribution in [3.05, 3.63) is 45.3 Å². The van der Waals surface area contributed by atoms with E-state index in [1.54, 1.807) is 12.3 Å². The minimum Gasteiger partial charge on any atom is -0.508 e. The van der Waals surface area contributed by atoms with Crippen LogP contribution in [-0.2, 0) is 25.5 Å². The molecule has 10 heteroatoms. The van der Waals surface area contributed by atoms with Crippen molar-refractivity contribution in [2.45, 2.75) is 83.7 Å². The first kappa shape index (κ1) is 27.4. The van der Waals surface area contributed by atoms with Crippen molar-refractivity contribution in [1.82, 2.24) is 4.98 Å². The number of amides is 2. The highest BCUT2D eigenvalue weighted by Gasteiger charge is 2.59. The first-order chi connectivity index (χ1) is 18.7. The van der Waals surface area contributed by atoms with Crippen LogP contribution < -0.4 is 5.32 Å². The van der Waals surface area contributed by atoms with Crippen molar-refractivity contribution in [2.24, 2.45) is 28.3 Å². The summed E-state index contributed by atoms with van der Waals surface area (Å²) in [4.78, 5) is 52.5. The number of benzene rings is 1. The molecule has 39 heavy (non-hydrogen) atoms. The molecular weight excluding hydrogens is 518 g/mol. The van der Waals surface area contributed by atoms with Gasteiger partial charge in [-0.1, -0.05) is 13.0 Å². The SMILES string of the molecule is Cc1cnc(NC(=O)CC[C@@H]2C[C@H](OC(=O)CCC(=O)N=O)[C@@]3(C)CCC4c5ccc(O)cc5CCC4C23)s1. The molecule has 0 bridgehead atoms. The number of hydrogen-bond acceptors (Lipinski definition) is 8. The van der Waals surface area contributed by atoms with E-state index in [0.717, 1.165) is 30.6 Å². The number of carbonyl (C=O) groups excluding carboxylic acids is 3. The molecule has 0 radical (unpaired) electrons. The lowest BCUT2D eigenvalue weighted by Gasteiger charge is -2.51. The third kappa shape index (κ3) is 5.62. The Bertz CT molecular complexity index is 1280. The van der Waals surface area contributed by atoms with Crippen LogP contribution in [0, 0.1) is 35.0 Å². The summed E-state index contributed by atoms with van der Waals surface area (Å²) in [6.45, 7) is 4.16. The van der Waals surface area contributed by atoms with Crippen LogP contribution in [0.2, 0.25) is 0 Å². The van der Waals surface area contributed by atoms with Gasteiger partial charge in [-0.25, -0.2) is 4.98 Å². The molecule has 2 amide bonds. The summed E-state index contributed by atoms with van der Waals surface area (Å²) in [5.41, 5.74) is 2.28. The average molecular weight is 554 g/mol. The molecular formula is C29H35N3O6S. The number of hydrogen-bond donors (Lipinski definition) is 2. The van der Waals surface area contributed by atoms with Crippen LogP contribution in [0.4, 0.5) is 5.13 Å². The van der Waals surface area contributed by atoms with Crippen LogP contribution in [-0.4, -0.2) is 34.0 Å². The molecule has 1 aromatic carbocycles. The fourth-order valence-corrected chi connectivity index (χ4v) is 8.34. The molecule has 3 aliphatic carbocycles. The summed E-state index contributed by atoms with van der Waals surface area (Å²) < 4.78 is 6.00. The maximum Gasteiger partial charge on any atom is 0.306 e. The molecule has 6 atom stereocenters. The second-order valence-electron chi connectivity index (χ2n) is 11.6. The summed E-state index contributed by atoms with van der Waals surface area (Å²) in [5, 5.41) is 15.9. The highest BCUT2D eigenvalue weighted by molar-refractivity contribution is 7.15. The first-order valence-electron chi connectivity index (χ1n) is 13.8. The molecule has 1 aromatic heterocycles. The van der Waals surface area contributed by atoms with Gasteiger partial charge in [-0.3, -0.25) is 14.4 Å². The lowest BCUT2D eigenvalue weighted by molar-refractivity contribution is -0.158. The van der Waals surface area contributed by atoms with E-state index >= 15 is 0 Å². The number of ether oxygens (including phenoxy) is 1. The van der Waals surface area contributed by atoms with Crippen molar-refractivity contribution in [1.29, 1.82) is 0 Å². The molecule has 0 saturated heterocycles. The third-order valence-electron chi connectivity index (χ3n) is 9.30. The van der Waals surface area contributed by atoms with Gasteiger partial charge < -0.3 is 15.2 Å². The quantitative estimate of drug-likeness (QED) is 0.319. The zero-order chi connectivity index (χ0) is 27.7. The minimum absolute atomic E-state index is 0.0665. The zero-order valence-electron chi connectivity index (χ0n) is 22.4. The smallest absolute Gasteiger partial charge is 0.306 e. The summed E-state index contributed by atoms with van der Waals surface area (Å²) in [7, 11) is 0. The number of thiazole rings is 1. The number of fused-ring (bicyclic) bond motifs is 5. The number of aryl methyl sites for hydroxylation is 2. The Morgan fingerprint density at radius 2 is 2.05 bits per heavy atom. The van der Waals surface area contributed by atoms with E-state index in [2.05, 4.69) is 28.5 Å². The molecule has 2 saturated carbocycles. The zero-order valence-corrected chi connectivity index (χ0v) is 23.2. The van der Waals surface area contributed by atoms with Crippen LogP contribution in [0.1, 0.15) is 80.2 Å². The standard InChI is InChI=1S/C29H35N3O6S/c1-16-15-30-28(39-16)31-24(34)8-4-18-14-23(38-26(36)10-9-25(35)32-37)29(2)12-11-21-20-7-5-19(33)13-17(20)3-6-22(21)27(18)29/h5,7,13,15,18,21-23,27,33H,3-4,6,8-12,14H2,1-2H3,(H,30,31,34)/t18-,21?,22?,23+,27?,29-/m1/s1. The summed E-state index contributed by atoms with van der Waals surface area (Å²) >= 11 is 1.45. The molecule has 1 heterocycles. The average Bonchev–Trinajstić information content (AvgIpc) is 3.44. The Labute approximate surface area is 231 Å². The van der Waals surface area contributed by atoms with Crippen LogP contribution in [0.3, 0.4) is 0 Å². The number of nitroso groups, excluding NO2 is 1. The molecule has 2 fully saturated rings. The highest BCUT2D eigenvalue weighted by atomic mass is 32.1. The third-order valence-corrected chi connectivity index (χ3v) is 10.1. The maximum atomic E-state index is 12.8. The molecule has 2 aromatic rings. The largest absolute Gasteiger partial charge is 0.508 e. The number of nitrogens with zero attached hydrogens (tertiary/aromatic N) is 2. The maximum absolute atomic E-state index is 12.8. The van der Waals surface area contributed by atoms with Gasteiger partial charge in [-0.15, -0.1) is 16.2 Å². The summed E-state index contributed by atoms with van der Waals surface area (Å²) in [6.07, 6.45) is 6.45. The predicted octanol–water partition coefficient (Wildman–Crippen LogP) is 5.64. The number of nitrogens with one attached hydrogen (secondary N) is 1. The van der Waals surface area contributed by atoms with Gasteiger partial charge in [0.2, 0.25) is 5.91 Å². The number of aromatic nitrogens is 1. The summed E-state index contributed by atoms with van der Waals surface area (Å²) in [6, 6.07) is 5.72. The predicted molar refractivity (Wildman–Crippen MR) is 146 cm³/mol. The topological polar surface area (TPSA) is 135 Å². The Hall–Kier alpha value is -3.14. The van der Waals surface area contributed by atoms with Crippen molar-refractivity contribution >= 4 is 34.3 Å². The molecule has 3 unspecified atom stereocenters. The van der Waals surface area contributed by atoms with E-state index in [9.17, 15) is 24.4 Å². The first-order valence-corrected chi connectivity index (χ1v) is 14.6. The van der Waals surface area contributed by atoms with E-state index in [1.165, 1.54) is 22.5 Å². The van der Waals surface area contributed by atoms with Gasteiger partial charge in [0, 0.05) is 34.5 Å². The van der Waals surface area contributed by atoms with Crippen LogP contribution in [0.25, 0.3) is 0 Å². The molecule has 0 aliphatic heterocycles. The Kier molecular flexibility index (Phi) is 7.84. The monoisotopic (exact) mass is 553 g/mol. The van der Waals surface area contributed by atoms with Crippen molar-refractivity contribution in [3.8, 4) is 5.75 Å². The lowest BCUT2D eigenvalue weighted by atomic mass is 9.53. The van der Waals surface area contributed by atoms with Gasteiger partial charge in [-0.2, -0.15) is 0 Å². The summed E-state index contributed by atoms with van der Waals surface area (Å²) in [5.74, 6) is 0.111. The number of phenolic OH excluding ortho intramolecular Hbond substituents is 1. The van der Waals surface area contributed by atoms with Gasteiger partial charge in [0.25, 0.3) is 5.91 Å². The van der Waals surface area contributed by atoms with E-state index < -0.39 is 11.9 Å². The molecule has 208 valence electrons. The molecule has 2 N–H and O–H groups in total. The highest BCUT2D eigenvalue weighted by Crippen LogP contribution is 2.64. The van der Waals surface area contributed by atoms with E-state index in [4.69, 9.17) is 4.74 Å². The van der Waals surface area contributed by atoms with Gasteiger partial charge in [-0.05, 0) is 92.4 Å². The Balaban J connectivity index is 1.35. The second-order valence-corrected chi connectivity index (χ2v) is 12.8. The number of esters is 1. The van der Waals surface area contributed by atoms with Crippen molar-refractivity contribution < 1.29 is 24.2 Å². The Morgan fingerprint density at radius 3 is 2.79 bits per heavy atom. The van der Waals surface area contributed by atoms with Gasteiger partial charge >= 0.3 is 5.97 Å². The molecule has 3 aliphatic rings.